The lowest BCUT2D eigenvalue weighted by atomic mass is 10.2. The van der Waals surface area contributed by atoms with E-state index >= 15 is 0 Å². The van der Waals surface area contributed by atoms with Gasteiger partial charge in [0.05, 0.1) is 5.69 Å². The number of rotatable bonds is 3. The average molecular weight is 214 g/mol. The van der Waals surface area contributed by atoms with E-state index in [4.69, 9.17) is 10.5 Å². The van der Waals surface area contributed by atoms with Gasteiger partial charge in [-0.2, -0.15) is 0 Å². The van der Waals surface area contributed by atoms with E-state index in [-0.39, 0.29) is 0 Å². The first kappa shape index (κ1) is 10.5. The van der Waals surface area contributed by atoms with Crippen molar-refractivity contribution in [1.29, 1.82) is 0 Å². The van der Waals surface area contributed by atoms with Crippen molar-refractivity contribution in [2.45, 2.75) is 13.5 Å². The van der Waals surface area contributed by atoms with Crippen LogP contribution in [0, 0.1) is 6.92 Å². The van der Waals surface area contributed by atoms with E-state index in [9.17, 15) is 0 Å². The van der Waals surface area contributed by atoms with Gasteiger partial charge in [-0.1, -0.05) is 30.3 Å². The van der Waals surface area contributed by atoms with Gasteiger partial charge >= 0.3 is 0 Å². The number of aromatic nitrogens is 1. The van der Waals surface area contributed by atoms with E-state index in [1.54, 1.807) is 0 Å². The Labute approximate surface area is 94.9 Å². The predicted molar refractivity (Wildman–Crippen MR) is 64.2 cm³/mol. The highest BCUT2D eigenvalue weighted by atomic mass is 16.5. The second-order valence-corrected chi connectivity index (χ2v) is 3.62. The van der Waals surface area contributed by atoms with E-state index < -0.39 is 0 Å². The Bertz CT molecular complexity index is 469. The molecule has 3 nitrogen and oxygen atoms in total. The third kappa shape index (κ3) is 2.51. The zero-order valence-electron chi connectivity index (χ0n) is 9.18. The molecule has 2 rings (SSSR count). The molecule has 0 amide bonds. The zero-order chi connectivity index (χ0) is 11.4. The molecule has 0 saturated heterocycles. The van der Waals surface area contributed by atoms with Crippen molar-refractivity contribution < 1.29 is 4.74 Å². The van der Waals surface area contributed by atoms with Crippen LogP contribution in [-0.2, 0) is 6.61 Å². The summed E-state index contributed by atoms with van der Waals surface area (Å²) in [5.41, 5.74) is 8.34. The molecule has 0 aliphatic rings. The summed E-state index contributed by atoms with van der Waals surface area (Å²) in [5.74, 6) is 0.504. The third-order valence-corrected chi connectivity index (χ3v) is 2.25. The number of anilines is 1. The Morgan fingerprint density at radius 3 is 2.62 bits per heavy atom. The molecule has 2 aromatic rings. The maximum Gasteiger partial charge on any atom is 0.237 e. The summed E-state index contributed by atoms with van der Waals surface area (Å²) in [4.78, 5) is 4.24. The summed E-state index contributed by atoms with van der Waals surface area (Å²) in [6.07, 6.45) is 0. The third-order valence-electron chi connectivity index (χ3n) is 2.25. The van der Waals surface area contributed by atoms with Gasteiger partial charge in [-0.3, -0.25) is 0 Å². The fraction of sp³-hybridized carbons (Fsp3) is 0.154. The van der Waals surface area contributed by atoms with Crippen molar-refractivity contribution in [2.24, 2.45) is 0 Å². The number of hydrogen-bond acceptors (Lipinski definition) is 3. The van der Waals surface area contributed by atoms with E-state index in [0.29, 0.717) is 18.2 Å². The van der Waals surface area contributed by atoms with Gasteiger partial charge < -0.3 is 10.5 Å². The van der Waals surface area contributed by atoms with Crippen LogP contribution >= 0.6 is 0 Å². The largest absolute Gasteiger partial charge is 0.471 e. The zero-order valence-corrected chi connectivity index (χ0v) is 9.18. The molecule has 0 atom stereocenters. The van der Waals surface area contributed by atoms with Gasteiger partial charge in [0.2, 0.25) is 5.88 Å². The molecule has 0 radical (unpaired) electrons. The Morgan fingerprint density at radius 1 is 1.12 bits per heavy atom. The van der Waals surface area contributed by atoms with Gasteiger partial charge in [0.1, 0.15) is 6.61 Å². The molecule has 2 N–H and O–H groups in total. The molecule has 0 spiro atoms. The topological polar surface area (TPSA) is 48.1 Å². The number of nitrogens with zero attached hydrogens (tertiary/aromatic N) is 1. The molecule has 82 valence electrons. The van der Waals surface area contributed by atoms with Gasteiger partial charge in [-0.25, -0.2) is 4.98 Å². The first-order valence-electron chi connectivity index (χ1n) is 5.15. The number of benzene rings is 1. The minimum atomic E-state index is 0.488. The van der Waals surface area contributed by atoms with Gasteiger partial charge in [0.15, 0.2) is 0 Å². The highest BCUT2D eigenvalue weighted by Crippen LogP contribution is 2.19. The molecule has 0 fully saturated rings. The van der Waals surface area contributed by atoms with Crippen molar-refractivity contribution in [3.8, 4) is 5.88 Å². The van der Waals surface area contributed by atoms with Gasteiger partial charge in [0.25, 0.3) is 0 Å². The lowest BCUT2D eigenvalue weighted by molar-refractivity contribution is 0.295. The molecule has 16 heavy (non-hydrogen) atoms. The fourth-order valence-corrected chi connectivity index (χ4v) is 1.39. The second-order valence-electron chi connectivity index (χ2n) is 3.62. The van der Waals surface area contributed by atoms with Crippen molar-refractivity contribution in [1.82, 2.24) is 4.98 Å². The smallest absolute Gasteiger partial charge is 0.237 e. The molecule has 1 heterocycles. The molecule has 3 heteroatoms. The molecule has 0 saturated carbocycles. The van der Waals surface area contributed by atoms with Crippen LogP contribution < -0.4 is 10.5 Å². The monoisotopic (exact) mass is 214 g/mol. The maximum atomic E-state index is 5.77. The SMILES string of the molecule is Cc1ccc(N)c(OCc2ccccc2)n1. The lowest BCUT2D eigenvalue weighted by Crippen LogP contribution is -2.01. The predicted octanol–water partition coefficient (Wildman–Crippen LogP) is 2.55. The molecule has 0 aliphatic carbocycles. The molecular weight excluding hydrogens is 200 g/mol. The number of nitrogens with two attached hydrogens (primary N) is 1. The van der Waals surface area contributed by atoms with E-state index in [1.165, 1.54) is 0 Å². The summed E-state index contributed by atoms with van der Waals surface area (Å²) in [7, 11) is 0. The van der Waals surface area contributed by atoms with Crippen LogP contribution in [0.4, 0.5) is 5.69 Å². The summed E-state index contributed by atoms with van der Waals surface area (Å²) in [6, 6.07) is 13.6. The molecule has 1 aromatic heterocycles. The maximum absolute atomic E-state index is 5.77. The minimum Gasteiger partial charge on any atom is -0.471 e. The van der Waals surface area contributed by atoms with Crippen LogP contribution in [0.5, 0.6) is 5.88 Å². The van der Waals surface area contributed by atoms with Gasteiger partial charge in [-0.05, 0) is 24.6 Å². The molecule has 0 aliphatic heterocycles. The summed E-state index contributed by atoms with van der Waals surface area (Å²) < 4.78 is 5.57. The second kappa shape index (κ2) is 4.66. The number of ether oxygens (including phenoxy) is 1. The lowest BCUT2D eigenvalue weighted by Gasteiger charge is -2.08. The van der Waals surface area contributed by atoms with Crippen molar-refractivity contribution >= 4 is 5.69 Å². The first-order chi connectivity index (χ1) is 7.75. The molecule has 1 aromatic carbocycles. The van der Waals surface area contributed by atoms with Crippen molar-refractivity contribution in [2.75, 3.05) is 5.73 Å². The Kier molecular flexibility index (Phi) is 3.05. The molecule has 0 unspecified atom stereocenters. The fourth-order valence-electron chi connectivity index (χ4n) is 1.39. The van der Waals surface area contributed by atoms with E-state index in [2.05, 4.69) is 4.98 Å². The van der Waals surface area contributed by atoms with E-state index in [0.717, 1.165) is 11.3 Å². The van der Waals surface area contributed by atoms with Crippen LogP contribution in [0.15, 0.2) is 42.5 Å². The van der Waals surface area contributed by atoms with Crippen LogP contribution in [0.3, 0.4) is 0 Å². The van der Waals surface area contributed by atoms with E-state index in [1.807, 2.05) is 49.4 Å². The Balaban J connectivity index is 2.08. The first-order valence-corrected chi connectivity index (χ1v) is 5.15. The highest BCUT2D eigenvalue weighted by Gasteiger charge is 2.02. The summed E-state index contributed by atoms with van der Waals surface area (Å²) in [6.45, 7) is 2.40. The summed E-state index contributed by atoms with van der Waals surface area (Å²) >= 11 is 0. The number of aryl methyl sites for hydroxylation is 1. The number of nitrogen functional groups attached to an aromatic ring is 1. The normalized spacial score (nSPS) is 10.1. The Morgan fingerprint density at radius 2 is 1.88 bits per heavy atom. The van der Waals surface area contributed by atoms with Crippen LogP contribution in [0.1, 0.15) is 11.3 Å². The van der Waals surface area contributed by atoms with Crippen molar-refractivity contribution in [3.05, 3.63) is 53.7 Å². The minimum absolute atomic E-state index is 0.488. The van der Waals surface area contributed by atoms with Gasteiger partial charge in [0, 0.05) is 5.69 Å². The summed E-state index contributed by atoms with van der Waals surface area (Å²) in [5, 5.41) is 0. The average Bonchev–Trinajstić information content (AvgIpc) is 2.32. The highest BCUT2D eigenvalue weighted by molar-refractivity contribution is 5.48. The van der Waals surface area contributed by atoms with Gasteiger partial charge in [-0.15, -0.1) is 0 Å². The quantitative estimate of drug-likeness (QED) is 0.854. The Hall–Kier alpha value is -2.03. The van der Waals surface area contributed by atoms with Crippen molar-refractivity contribution in [3.63, 3.8) is 0 Å². The molecule has 0 bridgehead atoms. The molecular formula is C13H14N2O. The number of hydrogen-bond donors (Lipinski definition) is 1. The standard InChI is InChI=1S/C13H14N2O/c1-10-7-8-12(14)13(15-10)16-9-11-5-3-2-4-6-11/h2-8H,9,14H2,1H3. The number of pyridine rings is 1. The van der Waals surface area contributed by atoms with Crippen LogP contribution in [0.2, 0.25) is 0 Å². The van der Waals surface area contributed by atoms with Crippen LogP contribution in [-0.4, -0.2) is 4.98 Å². The van der Waals surface area contributed by atoms with Crippen LogP contribution in [0.25, 0.3) is 0 Å².